The maximum atomic E-state index is 12.2. The third-order valence-electron chi connectivity index (χ3n) is 2.88. The van der Waals surface area contributed by atoms with Crippen molar-refractivity contribution in [1.29, 1.82) is 0 Å². The smallest absolute Gasteiger partial charge is 0.240 e. The van der Waals surface area contributed by atoms with Crippen LogP contribution in [0, 0.1) is 0 Å². The minimum Gasteiger partial charge on any atom is -0.324 e. The lowest BCUT2D eigenvalue weighted by molar-refractivity contribution is -0.118. The predicted octanol–water partition coefficient (Wildman–Crippen LogP) is 4.33. The number of carbonyl (C=O) groups excluding carboxylic acids is 1. The number of benzene rings is 1. The van der Waals surface area contributed by atoms with E-state index in [9.17, 15) is 4.79 Å². The van der Waals surface area contributed by atoms with Gasteiger partial charge in [-0.2, -0.15) is 0 Å². The number of hydrogen-bond acceptors (Lipinski definition) is 2. The summed E-state index contributed by atoms with van der Waals surface area (Å²) in [6.07, 6.45) is 2.05. The van der Waals surface area contributed by atoms with Gasteiger partial charge < -0.3 is 5.32 Å². The molecule has 0 aliphatic carbocycles. The van der Waals surface area contributed by atoms with Crippen LogP contribution >= 0.6 is 39.3 Å². The number of rotatable bonds is 2. The van der Waals surface area contributed by atoms with Gasteiger partial charge in [-0.25, -0.2) is 0 Å². The van der Waals surface area contributed by atoms with Crippen LogP contribution in [0.1, 0.15) is 19.8 Å². The Balaban J connectivity index is 2.13. The second kappa shape index (κ2) is 5.21. The first-order chi connectivity index (χ1) is 8.01. The fourth-order valence-electron chi connectivity index (χ4n) is 1.80. The lowest BCUT2D eigenvalue weighted by atomic mass is 10.0. The third-order valence-corrected chi connectivity index (χ3v) is 5.29. The van der Waals surface area contributed by atoms with Crippen LogP contribution in [0.3, 0.4) is 0 Å². The molecule has 1 saturated heterocycles. The van der Waals surface area contributed by atoms with E-state index in [0.717, 1.165) is 28.8 Å². The molecule has 0 saturated carbocycles. The molecule has 1 fully saturated rings. The maximum absolute atomic E-state index is 12.2. The molecule has 1 heterocycles. The highest BCUT2D eigenvalue weighted by Gasteiger charge is 2.37. The Morgan fingerprint density at radius 2 is 2.35 bits per heavy atom. The van der Waals surface area contributed by atoms with Crippen LogP contribution in [0.4, 0.5) is 5.69 Å². The summed E-state index contributed by atoms with van der Waals surface area (Å²) >= 11 is 11.0. The molecule has 1 aliphatic rings. The average Bonchev–Trinajstić information content (AvgIpc) is 2.71. The van der Waals surface area contributed by atoms with Crippen LogP contribution in [0.2, 0.25) is 5.02 Å². The first-order valence-electron chi connectivity index (χ1n) is 5.42. The molecule has 1 unspecified atom stereocenters. The number of thioether (sulfide) groups is 1. The highest BCUT2D eigenvalue weighted by molar-refractivity contribution is 9.10. The van der Waals surface area contributed by atoms with Gasteiger partial charge in [0, 0.05) is 9.50 Å². The van der Waals surface area contributed by atoms with E-state index in [0.29, 0.717) is 5.02 Å². The van der Waals surface area contributed by atoms with Crippen molar-refractivity contribution in [2.24, 2.45) is 0 Å². The lowest BCUT2D eigenvalue weighted by Crippen LogP contribution is -2.34. The molecular weight excluding hydrogens is 322 g/mol. The molecule has 1 atom stereocenters. The molecule has 2 nitrogen and oxygen atoms in total. The Morgan fingerprint density at radius 1 is 1.59 bits per heavy atom. The number of amides is 1. The molecule has 1 aliphatic heterocycles. The zero-order valence-corrected chi connectivity index (χ0v) is 12.6. The van der Waals surface area contributed by atoms with Crippen molar-refractivity contribution >= 4 is 50.9 Å². The molecule has 92 valence electrons. The van der Waals surface area contributed by atoms with Crippen molar-refractivity contribution in [1.82, 2.24) is 0 Å². The summed E-state index contributed by atoms with van der Waals surface area (Å²) in [5.41, 5.74) is 0.771. The molecule has 17 heavy (non-hydrogen) atoms. The van der Waals surface area contributed by atoms with Gasteiger partial charge in [-0.1, -0.05) is 11.6 Å². The lowest BCUT2D eigenvalue weighted by Gasteiger charge is -2.21. The normalized spacial score (nSPS) is 23.7. The minimum atomic E-state index is -0.293. The number of anilines is 1. The van der Waals surface area contributed by atoms with Gasteiger partial charge in [0.1, 0.15) is 0 Å². The molecule has 0 spiro atoms. The molecule has 1 aromatic rings. The number of carbonyl (C=O) groups is 1. The Bertz CT molecular complexity index is 446. The van der Waals surface area contributed by atoms with Crippen molar-refractivity contribution in [2.75, 3.05) is 11.1 Å². The van der Waals surface area contributed by atoms with E-state index in [1.807, 2.05) is 13.0 Å². The summed E-state index contributed by atoms with van der Waals surface area (Å²) in [5, 5.41) is 3.60. The van der Waals surface area contributed by atoms with Gasteiger partial charge in [-0.3, -0.25) is 4.79 Å². The summed E-state index contributed by atoms with van der Waals surface area (Å²) in [7, 11) is 0. The average molecular weight is 335 g/mol. The molecule has 0 radical (unpaired) electrons. The monoisotopic (exact) mass is 333 g/mol. The van der Waals surface area contributed by atoms with Gasteiger partial charge in [0.15, 0.2) is 0 Å². The van der Waals surface area contributed by atoms with E-state index >= 15 is 0 Å². The molecule has 1 aromatic carbocycles. The van der Waals surface area contributed by atoms with E-state index in [1.165, 1.54) is 0 Å². The topological polar surface area (TPSA) is 29.1 Å². The van der Waals surface area contributed by atoms with E-state index < -0.39 is 0 Å². The standard InChI is InChI=1S/C12H13BrClNOS/c1-12(5-2-6-17-12)11(16)15-10-4-3-8(14)7-9(10)13/h3-4,7H,2,5-6H2,1H3,(H,15,16). The van der Waals surface area contributed by atoms with Crippen molar-refractivity contribution in [2.45, 2.75) is 24.5 Å². The highest BCUT2D eigenvalue weighted by atomic mass is 79.9. The second-order valence-electron chi connectivity index (χ2n) is 4.26. The molecule has 0 aromatic heterocycles. The zero-order chi connectivity index (χ0) is 12.5. The predicted molar refractivity (Wildman–Crippen MR) is 77.9 cm³/mol. The quantitative estimate of drug-likeness (QED) is 0.872. The first kappa shape index (κ1) is 13.2. The maximum Gasteiger partial charge on any atom is 0.240 e. The number of hydrogen-bond donors (Lipinski definition) is 1. The van der Waals surface area contributed by atoms with Crippen LogP contribution in [-0.4, -0.2) is 16.4 Å². The fraction of sp³-hybridized carbons (Fsp3) is 0.417. The molecule has 1 amide bonds. The van der Waals surface area contributed by atoms with Crippen LogP contribution in [0.15, 0.2) is 22.7 Å². The number of halogens is 2. The van der Waals surface area contributed by atoms with E-state index in [4.69, 9.17) is 11.6 Å². The largest absolute Gasteiger partial charge is 0.324 e. The van der Waals surface area contributed by atoms with E-state index in [-0.39, 0.29) is 10.7 Å². The van der Waals surface area contributed by atoms with Crippen LogP contribution in [0.25, 0.3) is 0 Å². The molecule has 1 N–H and O–H groups in total. The molecule has 0 bridgehead atoms. The van der Waals surface area contributed by atoms with Crippen LogP contribution < -0.4 is 5.32 Å². The molecule has 2 rings (SSSR count). The van der Waals surface area contributed by atoms with Crippen LogP contribution in [-0.2, 0) is 4.79 Å². The van der Waals surface area contributed by atoms with Crippen molar-refractivity contribution < 1.29 is 4.79 Å². The van der Waals surface area contributed by atoms with Gasteiger partial charge >= 0.3 is 0 Å². The SMILES string of the molecule is CC1(C(=O)Nc2ccc(Cl)cc2Br)CCCS1. The second-order valence-corrected chi connectivity index (χ2v) is 7.15. The summed E-state index contributed by atoms with van der Waals surface area (Å²) < 4.78 is 0.518. The summed E-state index contributed by atoms with van der Waals surface area (Å²) in [6, 6.07) is 5.36. The minimum absolute atomic E-state index is 0.0722. The third kappa shape index (κ3) is 2.98. The molecule has 5 heteroatoms. The summed E-state index contributed by atoms with van der Waals surface area (Å²) in [6.45, 7) is 2.00. The van der Waals surface area contributed by atoms with E-state index in [1.54, 1.807) is 23.9 Å². The van der Waals surface area contributed by atoms with Gasteiger partial charge in [0.05, 0.1) is 10.4 Å². The Hall–Kier alpha value is -0.190. The first-order valence-corrected chi connectivity index (χ1v) is 7.57. The van der Waals surface area contributed by atoms with Gasteiger partial charge in [0.2, 0.25) is 5.91 Å². The zero-order valence-electron chi connectivity index (χ0n) is 9.43. The fourth-order valence-corrected chi connectivity index (χ4v) is 3.80. The van der Waals surface area contributed by atoms with Crippen molar-refractivity contribution in [3.8, 4) is 0 Å². The summed E-state index contributed by atoms with van der Waals surface area (Å²) in [5.74, 6) is 1.13. The van der Waals surface area contributed by atoms with Gasteiger partial charge in [0.25, 0.3) is 0 Å². The van der Waals surface area contributed by atoms with E-state index in [2.05, 4.69) is 21.2 Å². The van der Waals surface area contributed by atoms with Crippen molar-refractivity contribution in [3.63, 3.8) is 0 Å². The Kier molecular flexibility index (Phi) is 4.06. The Labute approximate surface area is 119 Å². The number of nitrogens with one attached hydrogen (secondary N) is 1. The van der Waals surface area contributed by atoms with Gasteiger partial charge in [-0.05, 0) is 59.6 Å². The summed E-state index contributed by atoms with van der Waals surface area (Å²) in [4.78, 5) is 12.2. The van der Waals surface area contributed by atoms with Gasteiger partial charge in [-0.15, -0.1) is 11.8 Å². The Morgan fingerprint density at radius 3 is 2.94 bits per heavy atom. The van der Waals surface area contributed by atoms with Crippen LogP contribution in [0.5, 0.6) is 0 Å². The van der Waals surface area contributed by atoms with Crippen molar-refractivity contribution in [3.05, 3.63) is 27.7 Å². The highest BCUT2D eigenvalue weighted by Crippen LogP contribution is 2.39. The molecular formula is C12H13BrClNOS.